The van der Waals surface area contributed by atoms with Gasteiger partial charge >= 0.3 is 6.09 Å². The molecule has 0 unspecified atom stereocenters. The number of fused-ring (bicyclic) bond motifs is 1. The minimum atomic E-state index is -0.334. The molecule has 1 aliphatic carbocycles. The number of benzene rings is 1. The van der Waals surface area contributed by atoms with Crippen LogP contribution in [0.25, 0.3) is 0 Å². The molecule has 2 aliphatic heterocycles. The fourth-order valence-corrected chi connectivity index (χ4v) is 4.26. The van der Waals surface area contributed by atoms with Crippen LogP contribution in [0.4, 0.5) is 4.79 Å². The van der Waals surface area contributed by atoms with Gasteiger partial charge in [-0.3, -0.25) is 4.90 Å². The molecule has 1 spiro atoms. The summed E-state index contributed by atoms with van der Waals surface area (Å²) in [4.78, 5) is 13.8. The van der Waals surface area contributed by atoms with Gasteiger partial charge in [-0.25, -0.2) is 4.79 Å². The molecule has 1 aromatic carbocycles. The number of carbonyl (C=O) groups excluding carboxylic acids is 1. The van der Waals surface area contributed by atoms with E-state index in [1.165, 1.54) is 36.0 Å². The molecule has 1 N–H and O–H groups in total. The van der Waals surface area contributed by atoms with Gasteiger partial charge in [-0.05, 0) is 55.8 Å². The molecule has 1 atom stereocenters. The normalized spacial score (nSPS) is 26.9. The van der Waals surface area contributed by atoms with Crippen molar-refractivity contribution in [1.29, 1.82) is 0 Å². The average Bonchev–Trinajstić information content (AvgIpc) is 3.13. The lowest BCUT2D eigenvalue weighted by atomic mass is 9.92. The summed E-state index contributed by atoms with van der Waals surface area (Å²) in [7, 11) is 1.75. The van der Waals surface area contributed by atoms with Crippen molar-refractivity contribution in [2.75, 3.05) is 26.7 Å². The first-order valence-electron chi connectivity index (χ1n) is 8.55. The minimum absolute atomic E-state index is 0.276. The van der Waals surface area contributed by atoms with E-state index in [-0.39, 0.29) is 11.7 Å². The van der Waals surface area contributed by atoms with Crippen LogP contribution in [0.5, 0.6) is 5.75 Å². The van der Waals surface area contributed by atoms with Crippen molar-refractivity contribution in [2.24, 2.45) is 0 Å². The van der Waals surface area contributed by atoms with Crippen molar-refractivity contribution in [2.45, 2.75) is 44.2 Å². The van der Waals surface area contributed by atoms with Crippen LogP contribution in [0, 0.1) is 0 Å². The zero-order valence-electron chi connectivity index (χ0n) is 13.7. The Hall–Kier alpha value is -1.75. The first-order chi connectivity index (χ1) is 11.2. The first kappa shape index (κ1) is 14.8. The largest absolute Gasteiger partial charge is 0.496 e. The summed E-state index contributed by atoms with van der Waals surface area (Å²) in [5, 5.41) is 2.81. The molecule has 2 saturated heterocycles. The molecule has 3 aliphatic rings. The second kappa shape index (κ2) is 5.71. The van der Waals surface area contributed by atoms with Gasteiger partial charge in [-0.2, -0.15) is 0 Å². The van der Waals surface area contributed by atoms with E-state index in [0.717, 1.165) is 38.2 Å². The van der Waals surface area contributed by atoms with Crippen LogP contribution in [0.1, 0.15) is 36.0 Å². The summed E-state index contributed by atoms with van der Waals surface area (Å²) in [6.45, 7) is 3.32. The predicted molar refractivity (Wildman–Crippen MR) is 86.7 cm³/mol. The SMILES string of the molecule is COc1cc2c(cc1CN1CCC[C@]3(CNC(=O)O3)C1)CCC2. The average molecular weight is 316 g/mol. The topological polar surface area (TPSA) is 50.8 Å². The maximum Gasteiger partial charge on any atom is 0.407 e. The van der Waals surface area contributed by atoms with Crippen LogP contribution < -0.4 is 10.1 Å². The number of amides is 1. The third-order valence-corrected chi connectivity index (χ3v) is 5.37. The summed E-state index contributed by atoms with van der Waals surface area (Å²) < 4.78 is 11.2. The van der Waals surface area contributed by atoms with E-state index in [9.17, 15) is 4.79 Å². The predicted octanol–water partition coefficient (Wildman–Crippen LogP) is 2.26. The van der Waals surface area contributed by atoms with E-state index in [0.29, 0.717) is 6.54 Å². The highest BCUT2D eigenvalue weighted by atomic mass is 16.6. The van der Waals surface area contributed by atoms with Gasteiger partial charge in [0.1, 0.15) is 11.4 Å². The molecular weight excluding hydrogens is 292 g/mol. The number of ether oxygens (including phenoxy) is 2. The van der Waals surface area contributed by atoms with Gasteiger partial charge in [-0.15, -0.1) is 0 Å². The number of nitrogens with zero attached hydrogens (tertiary/aromatic N) is 1. The van der Waals surface area contributed by atoms with Gasteiger partial charge < -0.3 is 14.8 Å². The van der Waals surface area contributed by atoms with Crippen molar-refractivity contribution < 1.29 is 14.3 Å². The Morgan fingerprint density at radius 1 is 1.30 bits per heavy atom. The Morgan fingerprint density at radius 2 is 2.13 bits per heavy atom. The third-order valence-electron chi connectivity index (χ3n) is 5.37. The van der Waals surface area contributed by atoms with E-state index in [4.69, 9.17) is 9.47 Å². The highest BCUT2D eigenvalue weighted by Crippen LogP contribution is 2.33. The highest BCUT2D eigenvalue weighted by Gasteiger charge is 2.43. The molecule has 1 amide bonds. The van der Waals surface area contributed by atoms with Gasteiger partial charge in [0, 0.05) is 18.7 Å². The Bertz CT molecular complexity index is 631. The molecule has 4 rings (SSSR count). The summed E-state index contributed by atoms with van der Waals surface area (Å²) in [5.41, 5.74) is 3.83. The Labute approximate surface area is 136 Å². The standard InChI is InChI=1S/C18H24N2O3/c1-22-16-9-14-5-2-4-13(14)8-15(16)10-20-7-3-6-18(12-20)11-19-17(21)23-18/h8-9H,2-7,10-12H2,1H3,(H,19,21)/t18-/m0/s1. The van der Waals surface area contributed by atoms with Crippen molar-refractivity contribution in [1.82, 2.24) is 10.2 Å². The summed E-state index contributed by atoms with van der Waals surface area (Å²) in [5.74, 6) is 0.992. The Kier molecular flexibility index (Phi) is 3.68. The van der Waals surface area contributed by atoms with Gasteiger partial charge in [0.2, 0.25) is 0 Å². The van der Waals surface area contributed by atoms with E-state index in [1.807, 2.05) is 0 Å². The lowest BCUT2D eigenvalue weighted by Crippen LogP contribution is -2.50. The van der Waals surface area contributed by atoms with Crippen LogP contribution in [0.2, 0.25) is 0 Å². The van der Waals surface area contributed by atoms with Crippen molar-refractivity contribution in [3.63, 3.8) is 0 Å². The Balaban J connectivity index is 1.52. The van der Waals surface area contributed by atoms with Crippen LogP contribution in [0.15, 0.2) is 12.1 Å². The molecule has 2 fully saturated rings. The molecule has 0 aromatic heterocycles. The monoisotopic (exact) mass is 316 g/mol. The number of aryl methyl sites for hydroxylation is 2. The summed E-state index contributed by atoms with van der Waals surface area (Å²) in [6, 6.07) is 4.54. The maximum atomic E-state index is 11.4. The number of hydrogen-bond donors (Lipinski definition) is 1. The molecule has 5 nitrogen and oxygen atoms in total. The van der Waals surface area contributed by atoms with Crippen LogP contribution in [0.3, 0.4) is 0 Å². The van der Waals surface area contributed by atoms with E-state index < -0.39 is 0 Å². The third kappa shape index (κ3) is 2.78. The summed E-state index contributed by atoms with van der Waals surface area (Å²) >= 11 is 0. The molecule has 1 aromatic rings. The van der Waals surface area contributed by atoms with Gasteiger partial charge in [0.25, 0.3) is 0 Å². The molecule has 0 saturated carbocycles. The van der Waals surface area contributed by atoms with Gasteiger partial charge in [0.05, 0.1) is 13.7 Å². The van der Waals surface area contributed by atoms with E-state index in [1.54, 1.807) is 7.11 Å². The van der Waals surface area contributed by atoms with Crippen LogP contribution >= 0.6 is 0 Å². The number of alkyl carbamates (subject to hydrolysis) is 1. The molecule has 5 heteroatoms. The van der Waals surface area contributed by atoms with Crippen molar-refractivity contribution in [3.8, 4) is 5.75 Å². The smallest absolute Gasteiger partial charge is 0.407 e. The molecule has 124 valence electrons. The fourth-order valence-electron chi connectivity index (χ4n) is 4.26. The number of piperidine rings is 1. The number of rotatable bonds is 3. The fraction of sp³-hybridized carbons (Fsp3) is 0.611. The first-order valence-corrected chi connectivity index (χ1v) is 8.55. The zero-order chi connectivity index (χ0) is 15.9. The maximum absolute atomic E-state index is 11.4. The van der Waals surface area contributed by atoms with Crippen molar-refractivity contribution in [3.05, 3.63) is 28.8 Å². The van der Waals surface area contributed by atoms with Crippen LogP contribution in [-0.2, 0) is 24.1 Å². The minimum Gasteiger partial charge on any atom is -0.496 e. The van der Waals surface area contributed by atoms with Gasteiger partial charge in [0.15, 0.2) is 0 Å². The second-order valence-electron chi connectivity index (χ2n) is 7.03. The van der Waals surface area contributed by atoms with E-state index in [2.05, 4.69) is 22.3 Å². The molecular formula is C18H24N2O3. The molecule has 23 heavy (non-hydrogen) atoms. The number of hydrogen-bond acceptors (Lipinski definition) is 4. The van der Waals surface area contributed by atoms with Crippen LogP contribution in [-0.4, -0.2) is 43.3 Å². The quantitative estimate of drug-likeness (QED) is 0.929. The van der Waals surface area contributed by atoms with E-state index >= 15 is 0 Å². The number of nitrogens with one attached hydrogen (secondary N) is 1. The molecule has 2 heterocycles. The highest BCUT2D eigenvalue weighted by molar-refractivity contribution is 5.70. The Morgan fingerprint density at radius 3 is 2.87 bits per heavy atom. The number of methoxy groups -OCH3 is 1. The van der Waals surface area contributed by atoms with Gasteiger partial charge in [-0.1, -0.05) is 6.07 Å². The molecule has 0 radical (unpaired) electrons. The lowest BCUT2D eigenvalue weighted by molar-refractivity contribution is -0.0112. The number of likely N-dealkylation sites (tertiary alicyclic amines) is 1. The molecule has 0 bridgehead atoms. The lowest BCUT2D eigenvalue weighted by Gasteiger charge is -2.38. The van der Waals surface area contributed by atoms with Crippen molar-refractivity contribution >= 4 is 6.09 Å². The zero-order valence-corrected chi connectivity index (χ0v) is 13.7. The summed E-state index contributed by atoms with van der Waals surface area (Å²) in [6.07, 6.45) is 5.32. The number of carbonyl (C=O) groups is 1. The second-order valence-corrected chi connectivity index (χ2v) is 7.03.